The van der Waals surface area contributed by atoms with Gasteiger partial charge in [0.2, 0.25) is 0 Å². The molecule has 0 aliphatic carbocycles. The first-order valence-corrected chi connectivity index (χ1v) is 4.87. The topological polar surface area (TPSA) is 28.5 Å². The van der Waals surface area contributed by atoms with Crippen LogP contribution < -0.4 is 5.01 Å². The number of hydrogen-bond acceptors (Lipinski definition) is 3. The lowest BCUT2D eigenvalue weighted by Crippen LogP contribution is -2.10. The Bertz CT molecular complexity index is 280. The van der Waals surface area contributed by atoms with Gasteiger partial charge in [0.15, 0.2) is 0 Å². The summed E-state index contributed by atoms with van der Waals surface area (Å²) in [5.74, 6) is 1.52. The van der Waals surface area contributed by atoms with Gasteiger partial charge in [-0.15, -0.1) is 0 Å². The van der Waals surface area contributed by atoms with Crippen molar-refractivity contribution in [3.05, 3.63) is 24.4 Å². The number of hydrogen-bond donors (Lipinski definition) is 0. The van der Waals surface area contributed by atoms with E-state index >= 15 is 0 Å². The fraction of sp³-hybridized carbons (Fsp3) is 0.455. The van der Waals surface area contributed by atoms with Crippen molar-refractivity contribution < 1.29 is 0 Å². The highest BCUT2D eigenvalue weighted by molar-refractivity contribution is 5.59. The van der Waals surface area contributed by atoms with Crippen LogP contribution in [0.25, 0.3) is 0 Å². The molecule has 14 heavy (non-hydrogen) atoms. The lowest BCUT2D eigenvalue weighted by atomic mass is 10.2. The minimum absolute atomic E-state index is 0.649. The molecule has 1 heterocycles. The largest absolute Gasteiger partial charge is 0.251 e. The summed E-state index contributed by atoms with van der Waals surface area (Å²) in [4.78, 5) is 4.19. The highest BCUT2D eigenvalue weighted by atomic mass is 15.5. The van der Waals surface area contributed by atoms with Crippen LogP contribution in [0.1, 0.15) is 20.3 Å². The van der Waals surface area contributed by atoms with Gasteiger partial charge in [0.05, 0.1) is 0 Å². The summed E-state index contributed by atoms with van der Waals surface area (Å²) in [5.41, 5.74) is 0. The molecule has 3 nitrogen and oxygen atoms in total. The minimum atomic E-state index is 0.649. The molecule has 0 radical (unpaired) electrons. The van der Waals surface area contributed by atoms with Crippen LogP contribution >= 0.6 is 0 Å². The molecule has 1 aromatic rings. The Labute approximate surface area is 85.5 Å². The Morgan fingerprint density at radius 3 is 2.86 bits per heavy atom. The van der Waals surface area contributed by atoms with Crippen LogP contribution in [0.15, 0.2) is 29.5 Å². The third-order valence-electron chi connectivity index (χ3n) is 1.81. The number of hydrazone groups is 1. The molecule has 0 amide bonds. The molecule has 0 unspecified atom stereocenters. The second-order valence-electron chi connectivity index (χ2n) is 3.64. The Hall–Kier alpha value is -1.38. The Morgan fingerprint density at radius 1 is 1.50 bits per heavy atom. The first-order chi connectivity index (χ1) is 6.70. The van der Waals surface area contributed by atoms with E-state index in [1.807, 2.05) is 31.5 Å². The highest BCUT2D eigenvalue weighted by Crippen LogP contribution is 2.06. The quantitative estimate of drug-likeness (QED) is 0.540. The van der Waals surface area contributed by atoms with Crippen LogP contribution in [0.4, 0.5) is 5.82 Å². The van der Waals surface area contributed by atoms with E-state index in [0.717, 1.165) is 12.2 Å². The van der Waals surface area contributed by atoms with Gasteiger partial charge < -0.3 is 0 Å². The van der Waals surface area contributed by atoms with Gasteiger partial charge in [-0.05, 0) is 24.5 Å². The van der Waals surface area contributed by atoms with Gasteiger partial charge in [-0.3, -0.25) is 5.01 Å². The number of rotatable bonds is 4. The van der Waals surface area contributed by atoms with E-state index in [9.17, 15) is 0 Å². The molecule has 0 saturated heterocycles. The predicted molar refractivity (Wildman–Crippen MR) is 60.6 cm³/mol. The maximum absolute atomic E-state index is 4.28. The molecule has 0 atom stereocenters. The van der Waals surface area contributed by atoms with Gasteiger partial charge in [-0.25, -0.2) is 4.98 Å². The van der Waals surface area contributed by atoms with E-state index in [0.29, 0.717) is 5.92 Å². The molecule has 3 heteroatoms. The van der Waals surface area contributed by atoms with E-state index in [4.69, 9.17) is 0 Å². The molecule has 0 spiro atoms. The van der Waals surface area contributed by atoms with E-state index in [1.54, 1.807) is 11.2 Å². The van der Waals surface area contributed by atoms with Gasteiger partial charge in [0.1, 0.15) is 5.82 Å². The van der Waals surface area contributed by atoms with Crippen molar-refractivity contribution in [2.75, 3.05) is 12.1 Å². The average Bonchev–Trinajstić information content (AvgIpc) is 2.18. The predicted octanol–water partition coefficient (Wildman–Crippen LogP) is 2.55. The van der Waals surface area contributed by atoms with Gasteiger partial charge in [-0.2, -0.15) is 5.10 Å². The lowest BCUT2D eigenvalue weighted by molar-refractivity contribution is 0.688. The molecule has 0 fully saturated rings. The normalized spacial score (nSPS) is 11.1. The van der Waals surface area contributed by atoms with Crippen molar-refractivity contribution in [1.82, 2.24) is 4.98 Å². The van der Waals surface area contributed by atoms with E-state index in [2.05, 4.69) is 23.9 Å². The fourth-order valence-electron chi connectivity index (χ4n) is 0.985. The summed E-state index contributed by atoms with van der Waals surface area (Å²) in [7, 11) is 1.90. The van der Waals surface area contributed by atoms with Crippen molar-refractivity contribution in [2.45, 2.75) is 20.3 Å². The first kappa shape index (κ1) is 10.7. The molecule has 1 rings (SSSR count). The molecular formula is C11H17N3. The smallest absolute Gasteiger partial charge is 0.148 e. The summed E-state index contributed by atoms with van der Waals surface area (Å²) >= 11 is 0. The standard InChI is InChI=1S/C11H17N3/c1-10(2)7-9-13-14(3)11-6-4-5-8-12-11/h4-6,8-10H,7H2,1-3H3. The van der Waals surface area contributed by atoms with Crippen molar-refractivity contribution >= 4 is 12.0 Å². The highest BCUT2D eigenvalue weighted by Gasteiger charge is 1.96. The lowest BCUT2D eigenvalue weighted by Gasteiger charge is -2.10. The maximum Gasteiger partial charge on any atom is 0.148 e. The molecule has 0 aromatic carbocycles. The summed E-state index contributed by atoms with van der Waals surface area (Å²) in [6.45, 7) is 4.35. The zero-order valence-corrected chi connectivity index (χ0v) is 9.01. The molecule has 0 aliphatic rings. The average molecular weight is 191 g/mol. The van der Waals surface area contributed by atoms with Crippen molar-refractivity contribution in [3.8, 4) is 0 Å². The fourth-order valence-corrected chi connectivity index (χ4v) is 0.985. The van der Waals surface area contributed by atoms with Crippen molar-refractivity contribution in [2.24, 2.45) is 11.0 Å². The van der Waals surface area contributed by atoms with Crippen LogP contribution in [-0.2, 0) is 0 Å². The van der Waals surface area contributed by atoms with E-state index in [-0.39, 0.29) is 0 Å². The van der Waals surface area contributed by atoms with Crippen LogP contribution in [0.2, 0.25) is 0 Å². The molecular weight excluding hydrogens is 174 g/mol. The van der Waals surface area contributed by atoms with Crippen LogP contribution in [0, 0.1) is 5.92 Å². The summed E-state index contributed by atoms with van der Waals surface area (Å²) in [6, 6.07) is 5.79. The summed E-state index contributed by atoms with van der Waals surface area (Å²) in [6.07, 6.45) is 4.69. The van der Waals surface area contributed by atoms with Crippen molar-refractivity contribution in [1.29, 1.82) is 0 Å². The van der Waals surface area contributed by atoms with Gasteiger partial charge in [0.25, 0.3) is 0 Å². The third-order valence-corrected chi connectivity index (χ3v) is 1.81. The Kier molecular flexibility index (Phi) is 4.11. The maximum atomic E-state index is 4.28. The first-order valence-electron chi connectivity index (χ1n) is 4.87. The zero-order valence-electron chi connectivity index (χ0n) is 9.01. The molecule has 1 aromatic heterocycles. The van der Waals surface area contributed by atoms with Crippen LogP contribution in [-0.4, -0.2) is 18.2 Å². The monoisotopic (exact) mass is 191 g/mol. The van der Waals surface area contributed by atoms with E-state index < -0.39 is 0 Å². The van der Waals surface area contributed by atoms with Crippen LogP contribution in [0.3, 0.4) is 0 Å². The number of anilines is 1. The molecule has 76 valence electrons. The second kappa shape index (κ2) is 5.37. The summed E-state index contributed by atoms with van der Waals surface area (Å²) in [5, 5.41) is 6.06. The number of pyridine rings is 1. The SMILES string of the molecule is CC(C)CC=NN(C)c1ccccn1. The molecule has 0 N–H and O–H groups in total. The Balaban J connectivity index is 2.50. The molecule has 0 bridgehead atoms. The minimum Gasteiger partial charge on any atom is -0.251 e. The number of aromatic nitrogens is 1. The van der Waals surface area contributed by atoms with E-state index in [1.165, 1.54) is 0 Å². The molecule has 0 aliphatic heterocycles. The summed E-state index contributed by atoms with van der Waals surface area (Å²) < 4.78 is 0. The third kappa shape index (κ3) is 3.56. The van der Waals surface area contributed by atoms with Crippen molar-refractivity contribution in [3.63, 3.8) is 0 Å². The molecule has 0 saturated carbocycles. The van der Waals surface area contributed by atoms with Gasteiger partial charge in [-0.1, -0.05) is 19.9 Å². The Morgan fingerprint density at radius 2 is 2.29 bits per heavy atom. The number of nitrogens with zero attached hydrogens (tertiary/aromatic N) is 3. The van der Waals surface area contributed by atoms with Gasteiger partial charge in [0, 0.05) is 19.5 Å². The second-order valence-corrected chi connectivity index (χ2v) is 3.64. The van der Waals surface area contributed by atoms with Crippen LogP contribution in [0.5, 0.6) is 0 Å². The zero-order chi connectivity index (χ0) is 10.4. The van der Waals surface area contributed by atoms with Gasteiger partial charge >= 0.3 is 0 Å².